The van der Waals surface area contributed by atoms with E-state index in [0.29, 0.717) is 25.5 Å². The number of hydrogen-bond acceptors (Lipinski definition) is 7. The van der Waals surface area contributed by atoms with Crippen LogP contribution in [0, 0.1) is 0 Å². The fraction of sp³-hybridized carbons (Fsp3) is 0.444. The van der Waals surface area contributed by atoms with Crippen molar-refractivity contribution in [3.63, 3.8) is 0 Å². The lowest BCUT2D eigenvalue weighted by Gasteiger charge is -2.36. The lowest BCUT2D eigenvalue weighted by atomic mass is 10.2. The number of pyridine rings is 1. The molecule has 2 saturated heterocycles. The van der Waals surface area contributed by atoms with E-state index >= 15 is 0 Å². The maximum atomic E-state index is 12.4. The van der Waals surface area contributed by atoms with Crippen molar-refractivity contribution in [1.82, 2.24) is 20.1 Å². The predicted molar refractivity (Wildman–Crippen MR) is 97.3 cm³/mol. The summed E-state index contributed by atoms with van der Waals surface area (Å²) in [6.45, 7) is 3.59. The Hall–Kier alpha value is -2.74. The van der Waals surface area contributed by atoms with E-state index in [1.54, 1.807) is 12.4 Å². The lowest BCUT2D eigenvalue weighted by molar-refractivity contribution is -0.141. The summed E-state index contributed by atoms with van der Waals surface area (Å²) in [5, 5.41) is 11.7. The van der Waals surface area contributed by atoms with E-state index < -0.39 is 0 Å². The number of ether oxygens (including phenoxy) is 1. The molecule has 0 saturated carbocycles. The molecule has 2 fully saturated rings. The van der Waals surface area contributed by atoms with Crippen LogP contribution in [-0.2, 0) is 9.53 Å². The second-order valence-corrected chi connectivity index (χ2v) is 6.46. The van der Waals surface area contributed by atoms with Crippen LogP contribution in [0.25, 0.3) is 0 Å². The predicted octanol–water partition coefficient (Wildman–Crippen LogP) is 1.44. The minimum atomic E-state index is -0.237. The summed E-state index contributed by atoms with van der Waals surface area (Å²) < 4.78 is 5.50. The first-order valence-corrected chi connectivity index (χ1v) is 8.96. The Labute approximate surface area is 152 Å². The summed E-state index contributed by atoms with van der Waals surface area (Å²) in [6.07, 6.45) is 5.05. The van der Waals surface area contributed by atoms with Crippen LogP contribution in [0.1, 0.15) is 12.8 Å². The van der Waals surface area contributed by atoms with Gasteiger partial charge in [-0.2, -0.15) is 0 Å². The van der Waals surface area contributed by atoms with Crippen molar-refractivity contribution >= 4 is 23.2 Å². The Balaban J connectivity index is 1.32. The van der Waals surface area contributed by atoms with E-state index in [0.717, 1.165) is 37.4 Å². The lowest BCUT2D eigenvalue weighted by Crippen LogP contribution is -2.51. The first-order valence-electron chi connectivity index (χ1n) is 8.96. The molecule has 8 heteroatoms. The zero-order chi connectivity index (χ0) is 17.8. The highest BCUT2D eigenvalue weighted by molar-refractivity contribution is 5.81. The number of hydrogen-bond donors (Lipinski definition) is 1. The van der Waals surface area contributed by atoms with Crippen LogP contribution in [0.4, 0.5) is 17.3 Å². The van der Waals surface area contributed by atoms with Gasteiger partial charge in [0, 0.05) is 39.0 Å². The zero-order valence-electron chi connectivity index (χ0n) is 14.5. The van der Waals surface area contributed by atoms with Gasteiger partial charge in [0.1, 0.15) is 6.10 Å². The van der Waals surface area contributed by atoms with Crippen LogP contribution in [-0.4, -0.2) is 64.9 Å². The van der Waals surface area contributed by atoms with Crippen LogP contribution >= 0.6 is 0 Å². The summed E-state index contributed by atoms with van der Waals surface area (Å²) >= 11 is 0. The maximum Gasteiger partial charge on any atom is 0.251 e. The Morgan fingerprint density at radius 2 is 2.04 bits per heavy atom. The Kier molecular flexibility index (Phi) is 4.92. The van der Waals surface area contributed by atoms with Crippen molar-refractivity contribution in [3.05, 3.63) is 36.7 Å². The van der Waals surface area contributed by atoms with E-state index in [4.69, 9.17) is 4.74 Å². The van der Waals surface area contributed by atoms with Gasteiger partial charge in [0.2, 0.25) is 0 Å². The molecule has 4 heterocycles. The topological polar surface area (TPSA) is 83.5 Å². The van der Waals surface area contributed by atoms with Gasteiger partial charge in [-0.05, 0) is 37.1 Å². The monoisotopic (exact) mass is 354 g/mol. The van der Waals surface area contributed by atoms with Gasteiger partial charge < -0.3 is 19.9 Å². The van der Waals surface area contributed by atoms with Crippen LogP contribution < -0.4 is 10.2 Å². The minimum absolute atomic E-state index is 0.129. The number of nitrogens with zero attached hydrogens (tertiary/aromatic N) is 5. The molecule has 2 aromatic rings. The molecule has 2 aromatic heterocycles. The quantitative estimate of drug-likeness (QED) is 0.889. The van der Waals surface area contributed by atoms with Gasteiger partial charge in [0.15, 0.2) is 11.6 Å². The van der Waals surface area contributed by atoms with Gasteiger partial charge in [-0.25, -0.2) is 0 Å². The van der Waals surface area contributed by atoms with Crippen molar-refractivity contribution in [3.8, 4) is 0 Å². The van der Waals surface area contributed by atoms with Crippen molar-refractivity contribution in [2.75, 3.05) is 43.0 Å². The molecule has 0 bridgehead atoms. The summed E-state index contributed by atoms with van der Waals surface area (Å²) in [5.74, 6) is 1.63. The SMILES string of the molecule is O=C([C@@H]1CCCO1)N1CCN(c2ccc(Nc3cccnc3)nn2)CC1. The fourth-order valence-corrected chi connectivity index (χ4v) is 3.28. The number of aromatic nitrogens is 3. The normalized spacial score (nSPS) is 20.2. The molecule has 8 nitrogen and oxygen atoms in total. The van der Waals surface area contributed by atoms with E-state index in [9.17, 15) is 4.79 Å². The standard InChI is InChI=1S/C18H22N6O2/c25-18(15-4-2-12-26-15)24-10-8-23(9-11-24)17-6-5-16(21-22-17)20-14-3-1-7-19-13-14/h1,3,5-7,13,15H,2,4,8-12H2,(H,20,21)/t15-/m0/s1. The smallest absolute Gasteiger partial charge is 0.251 e. The molecule has 1 atom stereocenters. The molecule has 1 N–H and O–H groups in total. The Bertz CT molecular complexity index is 725. The molecule has 0 radical (unpaired) electrons. The molecule has 2 aliphatic heterocycles. The van der Waals surface area contributed by atoms with Gasteiger partial charge in [0.25, 0.3) is 5.91 Å². The van der Waals surface area contributed by atoms with Crippen LogP contribution in [0.3, 0.4) is 0 Å². The molecule has 0 aromatic carbocycles. The number of piperazine rings is 1. The van der Waals surface area contributed by atoms with Crippen molar-refractivity contribution in [1.29, 1.82) is 0 Å². The molecular formula is C18H22N6O2. The van der Waals surface area contributed by atoms with Crippen LogP contribution in [0.15, 0.2) is 36.7 Å². The largest absolute Gasteiger partial charge is 0.368 e. The minimum Gasteiger partial charge on any atom is -0.368 e. The second-order valence-electron chi connectivity index (χ2n) is 6.46. The highest BCUT2D eigenvalue weighted by Crippen LogP contribution is 2.19. The van der Waals surface area contributed by atoms with Crippen molar-refractivity contribution < 1.29 is 9.53 Å². The third kappa shape index (κ3) is 3.75. The highest BCUT2D eigenvalue weighted by Gasteiger charge is 2.30. The summed E-state index contributed by atoms with van der Waals surface area (Å²) in [4.78, 5) is 20.5. The van der Waals surface area contributed by atoms with Crippen LogP contribution in [0.5, 0.6) is 0 Å². The number of carbonyl (C=O) groups excluding carboxylic acids is 1. The van der Waals surface area contributed by atoms with Gasteiger partial charge in [-0.3, -0.25) is 9.78 Å². The molecule has 1 amide bonds. The zero-order valence-corrected chi connectivity index (χ0v) is 14.5. The first-order chi connectivity index (χ1) is 12.8. The van der Waals surface area contributed by atoms with Gasteiger partial charge in [0.05, 0.1) is 11.9 Å². The van der Waals surface area contributed by atoms with Gasteiger partial charge in [-0.15, -0.1) is 10.2 Å². The van der Waals surface area contributed by atoms with E-state index in [-0.39, 0.29) is 12.0 Å². The van der Waals surface area contributed by atoms with Gasteiger partial charge in [-0.1, -0.05) is 0 Å². The number of rotatable bonds is 4. The fourth-order valence-electron chi connectivity index (χ4n) is 3.28. The summed E-state index contributed by atoms with van der Waals surface area (Å²) in [7, 11) is 0. The molecule has 2 aliphatic rings. The molecule has 0 unspecified atom stereocenters. The average Bonchev–Trinajstić information content (AvgIpc) is 3.24. The third-order valence-electron chi connectivity index (χ3n) is 4.70. The molecule has 136 valence electrons. The Morgan fingerprint density at radius 3 is 2.69 bits per heavy atom. The highest BCUT2D eigenvalue weighted by atomic mass is 16.5. The van der Waals surface area contributed by atoms with E-state index in [1.807, 2.05) is 29.2 Å². The number of carbonyl (C=O) groups is 1. The summed E-state index contributed by atoms with van der Waals surface area (Å²) in [5.41, 5.74) is 0.871. The van der Waals surface area contributed by atoms with E-state index in [1.165, 1.54) is 0 Å². The molecule has 0 aliphatic carbocycles. The van der Waals surface area contributed by atoms with E-state index in [2.05, 4.69) is 25.4 Å². The molecule has 0 spiro atoms. The van der Waals surface area contributed by atoms with Crippen molar-refractivity contribution in [2.45, 2.75) is 18.9 Å². The summed E-state index contributed by atoms with van der Waals surface area (Å²) in [6, 6.07) is 7.64. The number of nitrogens with one attached hydrogen (secondary N) is 1. The first kappa shape index (κ1) is 16.7. The number of anilines is 3. The molecular weight excluding hydrogens is 332 g/mol. The second kappa shape index (κ2) is 7.65. The number of amides is 1. The Morgan fingerprint density at radius 1 is 1.15 bits per heavy atom. The molecule has 4 rings (SSSR count). The third-order valence-corrected chi connectivity index (χ3v) is 4.70. The van der Waals surface area contributed by atoms with Crippen LogP contribution in [0.2, 0.25) is 0 Å². The maximum absolute atomic E-state index is 12.4. The average molecular weight is 354 g/mol. The van der Waals surface area contributed by atoms with Gasteiger partial charge >= 0.3 is 0 Å². The molecule has 26 heavy (non-hydrogen) atoms. The van der Waals surface area contributed by atoms with Crippen molar-refractivity contribution in [2.24, 2.45) is 0 Å².